The molecule has 0 amide bonds. The van der Waals surface area contributed by atoms with Crippen molar-refractivity contribution in [3.63, 3.8) is 0 Å². The van der Waals surface area contributed by atoms with Crippen molar-refractivity contribution >= 4 is 5.43 Å². The van der Waals surface area contributed by atoms with Gasteiger partial charge in [-0.2, -0.15) is 34.4 Å². The van der Waals surface area contributed by atoms with Crippen LogP contribution in [0.25, 0.3) is 0 Å². The molecular formula is C18H28Cl2SiZr-2. The fourth-order valence-corrected chi connectivity index (χ4v) is 1.89. The fourth-order valence-electron chi connectivity index (χ4n) is 1.89. The van der Waals surface area contributed by atoms with Crippen LogP contribution in [-0.4, -0.2) is 5.43 Å². The number of hydrogen-bond acceptors (Lipinski definition) is 0. The first kappa shape index (κ1) is 27.2. The van der Waals surface area contributed by atoms with E-state index in [1.807, 2.05) is 0 Å². The first-order valence-corrected chi connectivity index (χ1v) is 13.5. The topological polar surface area (TPSA) is 0 Å². The third-order valence-corrected chi connectivity index (χ3v) is 3.06. The second-order valence-electron chi connectivity index (χ2n) is 5.18. The molecule has 0 nitrogen and oxygen atoms in total. The quantitative estimate of drug-likeness (QED) is 0.435. The Morgan fingerprint density at radius 2 is 1.14 bits per heavy atom. The summed E-state index contributed by atoms with van der Waals surface area (Å²) >= 11 is 1.74. The smallest absolute Gasteiger partial charge is 1.00 e. The molecule has 0 fully saturated rings. The molecule has 22 heavy (non-hydrogen) atoms. The van der Waals surface area contributed by atoms with E-state index in [2.05, 4.69) is 77.2 Å². The summed E-state index contributed by atoms with van der Waals surface area (Å²) < 4.78 is 0. The van der Waals surface area contributed by atoms with Crippen LogP contribution < -0.4 is 24.8 Å². The van der Waals surface area contributed by atoms with Crippen molar-refractivity contribution in [1.29, 1.82) is 0 Å². The van der Waals surface area contributed by atoms with Gasteiger partial charge in [0.15, 0.2) is 0 Å². The number of halogens is 2. The molecule has 0 N–H and O–H groups in total. The fraction of sp³-hybridized carbons (Fsp3) is 0.444. The van der Waals surface area contributed by atoms with Crippen LogP contribution >= 0.6 is 0 Å². The van der Waals surface area contributed by atoms with Gasteiger partial charge in [-0.1, -0.05) is 40.5 Å². The van der Waals surface area contributed by atoms with Crippen LogP contribution in [0.5, 0.6) is 0 Å². The van der Waals surface area contributed by atoms with E-state index in [4.69, 9.17) is 0 Å². The molecule has 0 atom stereocenters. The van der Waals surface area contributed by atoms with E-state index in [0.29, 0.717) is 0 Å². The van der Waals surface area contributed by atoms with Crippen LogP contribution in [0, 0.1) is 13.8 Å². The first-order chi connectivity index (χ1) is 9.42. The zero-order chi connectivity index (χ0) is 15.5. The summed E-state index contributed by atoms with van der Waals surface area (Å²) in [5.41, 5.74) is 6.01. The van der Waals surface area contributed by atoms with E-state index in [9.17, 15) is 0 Å². The minimum absolute atomic E-state index is 0. The summed E-state index contributed by atoms with van der Waals surface area (Å²) in [5.74, 6) is 0. The first-order valence-electron chi connectivity index (χ1n) is 7.36. The average Bonchev–Trinajstić information content (AvgIpc) is 2.97. The van der Waals surface area contributed by atoms with E-state index in [-0.39, 0.29) is 30.2 Å². The molecule has 0 bridgehead atoms. The normalized spacial score (nSPS) is 8.36. The van der Waals surface area contributed by atoms with Gasteiger partial charge < -0.3 is 24.8 Å². The van der Waals surface area contributed by atoms with Crippen LogP contribution in [0.4, 0.5) is 0 Å². The van der Waals surface area contributed by atoms with Crippen molar-refractivity contribution in [2.45, 2.75) is 53.6 Å². The molecule has 2 aromatic carbocycles. The Labute approximate surface area is 165 Å². The molecule has 124 valence electrons. The summed E-state index contributed by atoms with van der Waals surface area (Å²) in [4.78, 5) is 0. The molecule has 0 aliphatic heterocycles. The molecule has 0 saturated carbocycles. The van der Waals surface area contributed by atoms with Gasteiger partial charge in [-0.25, -0.2) is 24.3 Å². The van der Waals surface area contributed by atoms with Gasteiger partial charge in [0, 0.05) is 0 Å². The van der Waals surface area contributed by atoms with Gasteiger partial charge in [0.05, 0.1) is 0 Å². The molecule has 0 aliphatic rings. The van der Waals surface area contributed by atoms with E-state index >= 15 is 0 Å². The van der Waals surface area contributed by atoms with E-state index in [1.165, 1.54) is 35.1 Å². The van der Waals surface area contributed by atoms with Crippen molar-refractivity contribution in [3.05, 3.63) is 58.7 Å². The second kappa shape index (κ2) is 16.2. The van der Waals surface area contributed by atoms with Crippen molar-refractivity contribution < 1.29 is 48.1 Å². The molecule has 0 heterocycles. The van der Waals surface area contributed by atoms with E-state index < -0.39 is 0 Å². The van der Waals surface area contributed by atoms with Gasteiger partial charge in [0.25, 0.3) is 0 Å². The standard InChI is InChI=1S/2C8H11.C2H6Si.2ClH.Zr/c2*1-3-8-6-4-5-7(8)2;1-3-2;;;/h2*4-6H,3H2,1-2H3;1-2H3;2*1H;/q2*-1;;;;+2/p-2. The molecule has 0 saturated heterocycles. The number of aryl methyl sites for hydroxylation is 4. The van der Waals surface area contributed by atoms with Gasteiger partial charge in [-0.05, 0) is 0 Å². The minimum atomic E-state index is 0. The molecule has 0 aliphatic carbocycles. The summed E-state index contributed by atoms with van der Waals surface area (Å²) in [6, 6.07) is 12.9. The Morgan fingerprint density at radius 3 is 1.23 bits per heavy atom. The Morgan fingerprint density at radius 1 is 0.864 bits per heavy atom. The van der Waals surface area contributed by atoms with Gasteiger partial charge in [-0.15, -0.1) is 0 Å². The van der Waals surface area contributed by atoms with Crippen molar-refractivity contribution in [2.24, 2.45) is 0 Å². The van der Waals surface area contributed by atoms with Crippen LogP contribution in [0.3, 0.4) is 0 Å². The van der Waals surface area contributed by atoms with Gasteiger partial charge in [-0.3, -0.25) is 0 Å². The SMILES string of the molecule is CC[c-]1cccc1C.CC[c-]1cccc1C.C[Si](C)=[Zr+2].[Cl-].[Cl-]. The molecule has 2 aromatic rings. The molecular weight excluding hydrogens is 406 g/mol. The van der Waals surface area contributed by atoms with Crippen LogP contribution in [0.1, 0.15) is 36.1 Å². The van der Waals surface area contributed by atoms with Gasteiger partial charge >= 0.3 is 41.9 Å². The Balaban J connectivity index is -0.000000249. The van der Waals surface area contributed by atoms with Crippen LogP contribution in [-0.2, 0) is 36.2 Å². The van der Waals surface area contributed by atoms with E-state index in [0.717, 1.165) is 0 Å². The summed E-state index contributed by atoms with van der Waals surface area (Å²) in [6.45, 7) is 13.3. The summed E-state index contributed by atoms with van der Waals surface area (Å²) in [6.07, 6.45) is 2.33. The zero-order valence-electron chi connectivity index (χ0n) is 14.6. The maximum absolute atomic E-state index is 2.31. The number of rotatable bonds is 2. The molecule has 0 unspecified atom stereocenters. The Hall–Kier alpha value is 0.380. The predicted octanol–water partition coefficient (Wildman–Crippen LogP) is -0.655. The second-order valence-corrected chi connectivity index (χ2v) is 14.5. The average molecular weight is 435 g/mol. The molecule has 0 radical (unpaired) electrons. The third kappa shape index (κ3) is 12.9. The van der Waals surface area contributed by atoms with Crippen molar-refractivity contribution in [3.8, 4) is 0 Å². The van der Waals surface area contributed by atoms with Crippen molar-refractivity contribution in [2.75, 3.05) is 0 Å². The third-order valence-electron chi connectivity index (χ3n) is 3.06. The summed E-state index contributed by atoms with van der Waals surface area (Å²) in [7, 11) is 0. The van der Waals surface area contributed by atoms with E-state index in [1.54, 1.807) is 23.3 Å². The maximum Gasteiger partial charge on any atom is -1.00 e. The molecule has 0 spiro atoms. The van der Waals surface area contributed by atoms with Gasteiger partial charge in [0.2, 0.25) is 0 Å². The zero-order valence-corrected chi connectivity index (χ0v) is 19.6. The number of hydrogen-bond donors (Lipinski definition) is 0. The molecule has 0 aromatic heterocycles. The predicted molar refractivity (Wildman–Crippen MR) is 89.8 cm³/mol. The monoisotopic (exact) mass is 432 g/mol. The maximum atomic E-state index is 2.31. The largest absolute Gasteiger partial charge is 1.00 e. The van der Waals surface area contributed by atoms with Crippen LogP contribution in [0.2, 0.25) is 13.1 Å². The molecule has 2 rings (SSSR count). The summed E-state index contributed by atoms with van der Waals surface area (Å²) in [5, 5.41) is 0. The van der Waals surface area contributed by atoms with Crippen LogP contribution in [0.15, 0.2) is 36.4 Å². The van der Waals surface area contributed by atoms with Crippen molar-refractivity contribution in [1.82, 2.24) is 0 Å². The Bertz CT molecular complexity index is 456. The Kier molecular flexibility index (Phi) is 20.1. The molecule has 4 heteroatoms. The minimum Gasteiger partial charge on any atom is -1.00 e. The van der Waals surface area contributed by atoms with Gasteiger partial charge in [0.1, 0.15) is 0 Å².